The van der Waals surface area contributed by atoms with Crippen molar-refractivity contribution >= 4 is 6.09 Å². The molecule has 2 aromatic carbocycles. The number of carbonyl (C=O) groups excluding carboxylic acids is 1. The maximum atomic E-state index is 11.9. The zero-order chi connectivity index (χ0) is 18.3. The Morgan fingerprint density at radius 2 is 1.76 bits per heavy atom. The van der Waals surface area contributed by atoms with Gasteiger partial charge in [0.05, 0.1) is 12.6 Å². The van der Waals surface area contributed by atoms with E-state index >= 15 is 0 Å². The topological polar surface area (TPSA) is 67.8 Å². The van der Waals surface area contributed by atoms with E-state index in [2.05, 4.69) is 5.32 Å². The first-order valence-electron chi connectivity index (χ1n) is 8.28. The van der Waals surface area contributed by atoms with E-state index in [0.29, 0.717) is 12.2 Å². The molecule has 5 heteroatoms. The van der Waals surface area contributed by atoms with Crippen LogP contribution >= 0.6 is 0 Å². The summed E-state index contributed by atoms with van der Waals surface area (Å²) >= 11 is 0. The molecule has 0 unspecified atom stereocenters. The Kier molecular flexibility index (Phi) is 6.42. The molecule has 2 N–H and O–H groups in total. The minimum absolute atomic E-state index is 0.178. The van der Waals surface area contributed by atoms with Crippen LogP contribution < -0.4 is 10.1 Å². The summed E-state index contributed by atoms with van der Waals surface area (Å²) in [5.74, 6) is 1.46. The zero-order valence-corrected chi connectivity index (χ0v) is 14.9. The number of ether oxygens (including phenoxy) is 2. The highest BCUT2D eigenvalue weighted by Crippen LogP contribution is 2.22. The third-order valence-electron chi connectivity index (χ3n) is 3.30. The molecule has 2 aromatic rings. The Bertz CT molecular complexity index is 680. The Hall–Kier alpha value is -2.53. The van der Waals surface area contributed by atoms with E-state index in [1.54, 1.807) is 20.8 Å². The minimum Gasteiger partial charge on any atom is -0.457 e. The van der Waals surface area contributed by atoms with Crippen LogP contribution in [-0.2, 0) is 11.2 Å². The van der Waals surface area contributed by atoms with E-state index < -0.39 is 17.7 Å². The average molecular weight is 343 g/mol. The largest absolute Gasteiger partial charge is 0.457 e. The first kappa shape index (κ1) is 18.8. The van der Waals surface area contributed by atoms with Crippen molar-refractivity contribution in [2.45, 2.75) is 38.8 Å². The number of amides is 1. The summed E-state index contributed by atoms with van der Waals surface area (Å²) in [4.78, 5) is 11.9. The number of aliphatic hydroxyl groups excluding tert-OH is 1. The van der Waals surface area contributed by atoms with Gasteiger partial charge in [0.15, 0.2) is 0 Å². The SMILES string of the molecule is CC(C)(C)OC(=O)N[C@H](CO)Cc1cccc(Oc2ccccc2)c1. The molecule has 0 aliphatic heterocycles. The maximum Gasteiger partial charge on any atom is 0.407 e. The highest BCUT2D eigenvalue weighted by atomic mass is 16.6. The van der Waals surface area contributed by atoms with Gasteiger partial charge in [-0.3, -0.25) is 0 Å². The van der Waals surface area contributed by atoms with Gasteiger partial charge >= 0.3 is 6.09 Å². The van der Waals surface area contributed by atoms with Gasteiger partial charge in [-0.05, 0) is 57.0 Å². The van der Waals surface area contributed by atoms with Crippen LogP contribution in [-0.4, -0.2) is 29.4 Å². The molecule has 1 atom stereocenters. The summed E-state index contributed by atoms with van der Waals surface area (Å²) in [6.07, 6.45) is -0.0647. The molecule has 25 heavy (non-hydrogen) atoms. The van der Waals surface area contributed by atoms with E-state index in [9.17, 15) is 9.90 Å². The second-order valence-electron chi connectivity index (χ2n) is 6.79. The Balaban J connectivity index is 1.98. The van der Waals surface area contributed by atoms with E-state index in [0.717, 1.165) is 11.3 Å². The predicted molar refractivity (Wildman–Crippen MR) is 96.9 cm³/mol. The van der Waals surface area contributed by atoms with Crippen molar-refractivity contribution in [3.63, 3.8) is 0 Å². The molecule has 0 radical (unpaired) electrons. The van der Waals surface area contributed by atoms with Crippen molar-refractivity contribution in [3.8, 4) is 11.5 Å². The van der Waals surface area contributed by atoms with Gasteiger partial charge in [-0.15, -0.1) is 0 Å². The Labute approximate surface area is 148 Å². The molecular formula is C20H25NO4. The molecule has 1 amide bonds. The normalized spacial score (nSPS) is 12.3. The van der Waals surface area contributed by atoms with Gasteiger partial charge < -0.3 is 19.9 Å². The second-order valence-corrected chi connectivity index (χ2v) is 6.79. The molecule has 0 bridgehead atoms. The Morgan fingerprint density at radius 1 is 1.08 bits per heavy atom. The van der Waals surface area contributed by atoms with Gasteiger partial charge in [-0.25, -0.2) is 4.79 Å². The van der Waals surface area contributed by atoms with Crippen molar-refractivity contribution in [2.24, 2.45) is 0 Å². The second kappa shape index (κ2) is 8.53. The van der Waals surface area contributed by atoms with Crippen LogP contribution in [0.3, 0.4) is 0 Å². The van der Waals surface area contributed by atoms with Gasteiger partial charge in [0.2, 0.25) is 0 Å². The number of carbonyl (C=O) groups is 1. The number of aliphatic hydroxyl groups is 1. The van der Waals surface area contributed by atoms with Crippen molar-refractivity contribution in [1.29, 1.82) is 0 Å². The van der Waals surface area contributed by atoms with Gasteiger partial charge in [-0.2, -0.15) is 0 Å². The van der Waals surface area contributed by atoms with Crippen LogP contribution in [0.2, 0.25) is 0 Å². The average Bonchev–Trinajstić information content (AvgIpc) is 2.54. The van der Waals surface area contributed by atoms with Crippen LogP contribution in [0.25, 0.3) is 0 Å². The lowest BCUT2D eigenvalue weighted by Crippen LogP contribution is -2.42. The maximum absolute atomic E-state index is 11.9. The fourth-order valence-electron chi connectivity index (χ4n) is 2.28. The van der Waals surface area contributed by atoms with Crippen LogP contribution in [0.4, 0.5) is 4.79 Å². The first-order valence-corrected chi connectivity index (χ1v) is 8.28. The lowest BCUT2D eigenvalue weighted by atomic mass is 10.1. The standard InChI is InChI=1S/C20H25NO4/c1-20(2,3)25-19(23)21-16(14-22)12-15-8-7-11-18(13-15)24-17-9-5-4-6-10-17/h4-11,13,16,22H,12,14H2,1-3H3,(H,21,23)/t16-/m0/s1. The summed E-state index contributed by atoms with van der Waals surface area (Å²) < 4.78 is 11.0. The quantitative estimate of drug-likeness (QED) is 0.834. The predicted octanol–water partition coefficient (Wildman–Crippen LogP) is 3.91. The number of nitrogens with one attached hydrogen (secondary N) is 1. The summed E-state index contributed by atoms with van der Waals surface area (Å²) in [6.45, 7) is 5.21. The molecular weight excluding hydrogens is 318 g/mol. The van der Waals surface area contributed by atoms with Gasteiger partial charge in [0.25, 0.3) is 0 Å². The number of para-hydroxylation sites is 1. The number of rotatable bonds is 6. The summed E-state index contributed by atoms with van der Waals surface area (Å²) in [5.41, 5.74) is 0.372. The van der Waals surface area contributed by atoms with Gasteiger partial charge in [0.1, 0.15) is 17.1 Å². The molecule has 134 valence electrons. The minimum atomic E-state index is -0.576. The smallest absolute Gasteiger partial charge is 0.407 e. The molecule has 0 aliphatic carbocycles. The van der Waals surface area contributed by atoms with Gasteiger partial charge in [-0.1, -0.05) is 30.3 Å². The van der Waals surface area contributed by atoms with Crippen molar-refractivity contribution in [2.75, 3.05) is 6.61 Å². The third-order valence-corrected chi connectivity index (χ3v) is 3.30. The molecule has 0 aromatic heterocycles. The molecule has 0 heterocycles. The van der Waals surface area contributed by atoms with E-state index in [-0.39, 0.29) is 6.61 Å². The number of hydrogen-bond donors (Lipinski definition) is 2. The monoisotopic (exact) mass is 343 g/mol. The Morgan fingerprint density at radius 3 is 2.40 bits per heavy atom. The van der Waals surface area contributed by atoms with Crippen LogP contribution in [0.15, 0.2) is 54.6 Å². The van der Waals surface area contributed by atoms with Gasteiger partial charge in [0, 0.05) is 0 Å². The molecule has 0 saturated carbocycles. The molecule has 0 fully saturated rings. The van der Waals surface area contributed by atoms with Crippen molar-refractivity contribution < 1.29 is 19.4 Å². The van der Waals surface area contributed by atoms with E-state index in [1.807, 2.05) is 54.6 Å². The van der Waals surface area contributed by atoms with E-state index in [1.165, 1.54) is 0 Å². The number of benzene rings is 2. The summed E-state index contributed by atoms with van der Waals surface area (Å²) in [7, 11) is 0. The van der Waals surface area contributed by atoms with Crippen LogP contribution in [0, 0.1) is 0 Å². The fraction of sp³-hybridized carbons (Fsp3) is 0.350. The lowest BCUT2D eigenvalue weighted by Gasteiger charge is -2.23. The molecule has 0 spiro atoms. The molecule has 0 saturated heterocycles. The highest BCUT2D eigenvalue weighted by Gasteiger charge is 2.19. The number of alkyl carbamates (subject to hydrolysis) is 1. The van der Waals surface area contributed by atoms with Crippen LogP contribution in [0.5, 0.6) is 11.5 Å². The zero-order valence-electron chi connectivity index (χ0n) is 14.9. The molecule has 0 aliphatic rings. The van der Waals surface area contributed by atoms with Crippen LogP contribution in [0.1, 0.15) is 26.3 Å². The molecule has 5 nitrogen and oxygen atoms in total. The highest BCUT2D eigenvalue weighted by molar-refractivity contribution is 5.68. The third kappa shape index (κ3) is 6.85. The fourth-order valence-corrected chi connectivity index (χ4v) is 2.28. The number of hydrogen-bond acceptors (Lipinski definition) is 4. The van der Waals surface area contributed by atoms with Crippen molar-refractivity contribution in [1.82, 2.24) is 5.32 Å². The first-order chi connectivity index (χ1) is 11.9. The molecule has 2 rings (SSSR count). The van der Waals surface area contributed by atoms with Crippen molar-refractivity contribution in [3.05, 3.63) is 60.2 Å². The summed E-state index contributed by atoms with van der Waals surface area (Å²) in [6, 6.07) is 16.7. The van der Waals surface area contributed by atoms with E-state index in [4.69, 9.17) is 9.47 Å². The lowest BCUT2D eigenvalue weighted by molar-refractivity contribution is 0.0483. The summed E-state index contributed by atoms with van der Waals surface area (Å²) in [5, 5.41) is 12.2.